The van der Waals surface area contributed by atoms with Crippen LogP contribution in [0.4, 0.5) is 8.78 Å². The number of aliphatic imine (C=N–C) groups is 1. The summed E-state index contributed by atoms with van der Waals surface area (Å²) in [6.07, 6.45) is 6.77. The zero-order valence-electron chi connectivity index (χ0n) is 11.7. The van der Waals surface area contributed by atoms with Crippen molar-refractivity contribution in [3.63, 3.8) is 0 Å². The van der Waals surface area contributed by atoms with Crippen LogP contribution in [0.5, 0.6) is 0 Å². The summed E-state index contributed by atoms with van der Waals surface area (Å²) in [5, 5.41) is 4.11. The van der Waals surface area contributed by atoms with Gasteiger partial charge in [0.1, 0.15) is 6.33 Å². The van der Waals surface area contributed by atoms with E-state index in [1.54, 1.807) is 30.6 Å². The zero-order valence-corrected chi connectivity index (χ0v) is 11.7. The zero-order chi connectivity index (χ0) is 16.2. The monoisotopic (exact) mass is 315 g/mol. The summed E-state index contributed by atoms with van der Waals surface area (Å²) in [7, 11) is 0. The van der Waals surface area contributed by atoms with Gasteiger partial charge in [0.05, 0.1) is 11.4 Å². The van der Waals surface area contributed by atoms with Crippen LogP contribution in [0.1, 0.15) is 5.69 Å². The molecule has 0 saturated carbocycles. The lowest BCUT2D eigenvalue weighted by Crippen LogP contribution is -2.03. The molecule has 3 aromatic rings. The number of fused-ring (bicyclic) bond motifs is 1. The second-order valence-corrected chi connectivity index (χ2v) is 4.41. The van der Waals surface area contributed by atoms with Gasteiger partial charge in [-0.25, -0.2) is 9.98 Å². The molecule has 0 atom stereocenters. The van der Waals surface area contributed by atoms with E-state index in [1.807, 2.05) is 0 Å². The predicted octanol–water partition coefficient (Wildman–Crippen LogP) is 1.78. The average Bonchev–Trinajstić information content (AvgIpc) is 3.04. The van der Waals surface area contributed by atoms with Gasteiger partial charge in [-0.15, -0.1) is 0 Å². The summed E-state index contributed by atoms with van der Waals surface area (Å²) in [5.74, 6) is 0.319. The molecule has 3 aromatic heterocycles. The third-order valence-electron chi connectivity index (χ3n) is 3.03. The largest absolute Gasteiger partial charge is 0.404 e. The highest BCUT2D eigenvalue weighted by molar-refractivity contribution is 6.09. The molecule has 0 saturated heterocycles. The van der Waals surface area contributed by atoms with Gasteiger partial charge in [0.25, 0.3) is 5.78 Å². The van der Waals surface area contributed by atoms with Crippen molar-refractivity contribution in [2.45, 2.75) is 6.55 Å². The Morgan fingerprint density at radius 2 is 2.09 bits per heavy atom. The van der Waals surface area contributed by atoms with E-state index in [4.69, 9.17) is 5.73 Å². The van der Waals surface area contributed by atoms with Crippen molar-refractivity contribution < 1.29 is 8.78 Å². The molecule has 0 bridgehead atoms. The molecule has 0 amide bonds. The molecule has 9 heteroatoms. The summed E-state index contributed by atoms with van der Waals surface area (Å²) in [4.78, 5) is 15.3. The van der Waals surface area contributed by atoms with Crippen molar-refractivity contribution in [3.8, 4) is 11.3 Å². The number of hydrogen-bond acceptors (Lipinski definition) is 6. The fourth-order valence-electron chi connectivity index (χ4n) is 2.02. The summed E-state index contributed by atoms with van der Waals surface area (Å²) < 4.78 is 26.1. The van der Waals surface area contributed by atoms with E-state index in [2.05, 4.69) is 25.0 Å². The minimum Gasteiger partial charge on any atom is -0.404 e. The molecule has 0 aliphatic rings. The number of nitrogens with zero attached hydrogens (tertiary/aromatic N) is 6. The molecule has 0 fully saturated rings. The lowest BCUT2D eigenvalue weighted by Gasteiger charge is -2.07. The molecular formula is C14H11F2N7. The Kier molecular flexibility index (Phi) is 4.00. The molecule has 2 N–H and O–H groups in total. The van der Waals surface area contributed by atoms with Gasteiger partial charge in [-0.2, -0.15) is 23.4 Å². The number of nitrogens with two attached hydrogens (primary N) is 1. The highest BCUT2D eigenvalue weighted by Gasteiger charge is 2.12. The van der Waals surface area contributed by atoms with Crippen LogP contribution >= 0.6 is 0 Å². The van der Waals surface area contributed by atoms with E-state index in [0.717, 1.165) is 18.0 Å². The van der Waals surface area contributed by atoms with Gasteiger partial charge in [0, 0.05) is 35.9 Å². The van der Waals surface area contributed by atoms with E-state index < -0.39 is 6.55 Å². The number of pyridine rings is 1. The maximum absolute atomic E-state index is 12.3. The van der Waals surface area contributed by atoms with Crippen molar-refractivity contribution in [2.75, 3.05) is 0 Å². The van der Waals surface area contributed by atoms with Crippen LogP contribution in [0.15, 0.2) is 48.1 Å². The quantitative estimate of drug-likeness (QED) is 0.585. The van der Waals surface area contributed by atoms with E-state index in [0.29, 0.717) is 17.2 Å². The molecule has 3 rings (SSSR count). The Morgan fingerprint density at radius 3 is 2.78 bits per heavy atom. The van der Waals surface area contributed by atoms with Crippen molar-refractivity contribution in [2.24, 2.45) is 10.7 Å². The van der Waals surface area contributed by atoms with Crippen LogP contribution in [0.2, 0.25) is 0 Å². The molecule has 116 valence electrons. The minimum absolute atomic E-state index is 0.256. The highest BCUT2D eigenvalue weighted by Crippen LogP contribution is 2.22. The Morgan fingerprint density at radius 1 is 1.30 bits per heavy atom. The van der Waals surface area contributed by atoms with Crippen molar-refractivity contribution in [3.05, 3.63) is 48.8 Å². The molecule has 3 heterocycles. The van der Waals surface area contributed by atoms with E-state index >= 15 is 0 Å². The standard InChI is InChI=1S/C14H11F2N7/c15-13(16)19-7-10(6-17)11-5-12(9-1-3-18-4-2-9)23-14(22-11)20-8-21-23/h1-8,13H,17H2/b10-6+,19-7+. The first-order valence-electron chi connectivity index (χ1n) is 6.54. The first-order valence-corrected chi connectivity index (χ1v) is 6.54. The van der Waals surface area contributed by atoms with Crippen molar-refractivity contribution >= 4 is 17.6 Å². The molecular weight excluding hydrogens is 304 g/mol. The Labute approximate surface area is 129 Å². The molecule has 23 heavy (non-hydrogen) atoms. The van der Waals surface area contributed by atoms with E-state index in [-0.39, 0.29) is 5.57 Å². The van der Waals surface area contributed by atoms with Crippen LogP contribution in [-0.4, -0.2) is 37.3 Å². The van der Waals surface area contributed by atoms with E-state index in [9.17, 15) is 8.78 Å². The summed E-state index contributed by atoms with van der Waals surface area (Å²) in [6.45, 7) is -2.82. The number of alkyl halides is 2. The predicted molar refractivity (Wildman–Crippen MR) is 80.7 cm³/mol. The molecule has 0 aliphatic heterocycles. The van der Waals surface area contributed by atoms with Crippen molar-refractivity contribution in [1.82, 2.24) is 24.6 Å². The average molecular weight is 315 g/mol. The number of aromatic nitrogens is 5. The number of halogens is 2. The van der Waals surface area contributed by atoms with Gasteiger partial charge in [0.15, 0.2) is 0 Å². The fourth-order valence-corrected chi connectivity index (χ4v) is 2.02. The third kappa shape index (κ3) is 3.03. The number of rotatable bonds is 4. The lowest BCUT2D eigenvalue weighted by molar-refractivity contribution is 0.161. The number of hydrogen-bond donors (Lipinski definition) is 1. The van der Waals surface area contributed by atoms with Crippen LogP contribution in [0, 0.1) is 0 Å². The SMILES string of the molecule is N/C=C(\C=N\C(F)F)c1cc(-c2ccncc2)n2ncnc2n1. The Hall–Kier alpha value is -3.23. The topological polar surface area (TPSA) is 94.3 Å². The summed E-state index contributed by atoms with van der Waals surface area (Å²) in [6, 6.07) is 5.26. The second kappa shape index (κ2) is 6.26. The fraction of sp³-hybridized carbons (Fsp3) is 0.0714. The smallest absolute Gasteiger partial charge is 0.331 e. The van der Waals surface area contributed by atoms with Gasteiger partial charge in [0.2, 0.25) is 0 Å². The van der Waals surface area contributed by atoms with Crippen LogP contribution < -0.4 is 5.73 Å². The molecule has 0 aliphatic carbocycles. The van der Waals surface area contributed by atoms with Gasteiger partial charge < -0.3 is 5.73 Å². The third-order valence-corrected chi connectivity index (χ3v) is 3.03. The van der Waals surface area contributed by atoms with Gasteiger partial charge >= 0.3 is 6.55 Å². The molecule has 0 unspecified atom stereocenters. The maximum atomic E-state index is 12.3. The van der Waals surface area contributed by atoms with Crippen LogP contribution in [-0.2, 0) is 0 Å². The van der Waals surface area contributed by atoms with E-state index in [1.165, 1.54) is 10.8 Å². The Balaban J connectivity index is 2.16. The number of allylic oxidation sites excluding steroid dienone is 1. The van der Waals surface area contributed by atoms with Gasteiger partial charge in [-0.3, -0.25) is 4.98 Å². The summed E-state index contributed by atoms with van der Waals surface area (Å²) in [5.41, 5.74) is 7.63. The highest BCUT2D eigenvalue weighted by atomic mass is 19.3. The molecule has 0 spiro atoms. The lowest BCUT2D eigenvalue weighted by atomic mass is 10.1. The second-order valence-electron chi connectivity index (χ2n) is 4.41. The van der Waals surface area contributed by atoms with Gasteiger partial charge in [-0.1, -0.05) is 0 Å². The normalized spacial score (nSPS) is 12.6. The Bertz CT molecular complexity index is 871. The molecule has 7 nitrogen and oxygen atoms in total. The van der Waals surface area contributed by atoms with Crippen LogP contribution in [0.25, 0.3) is 22.6 Å². The maximum Gasteiger partial charge on any atom is 0.331 e. The first-order chi connectivity index (χ1) is 11.2. The summed E-state index contributed by atoms with van der Waals surface area (Å²) >= 11 is 0. The molecule has 0 aromatic carbocycles. The first kappa shape index (κ1) is 14.7. The van der Waals surface area contributed by atoms with Crippen molar-refractivity contribution in [1.29, 1.82) is 0 Å². The van der Waals surface area contributed by atoms with Gasteiger partial charge in [-0.05, 0) is 18.2 Å². The minimum atomic E-state index is -2.82. The van der Waals surface area contributed by atoms with Crippen LogP contribution in [0.3, 0.4) is 0 Å². The molecule has 0 radical (unpaired) electrons.